The van der Waals surface area contributed by atoms with Gasteiger partial charge in [-0.05, 0) is 85.1 Å². The van der Waals surface area contributed by atoms with Crippen LogP contribution in [0.5, 0.6) is 0 Å². The molecule has 0 radical (unpaired) electrons. The third kappa shape index (κ3) is 10.0. The lowest BCUT2D eigenvalue weighted by Crippen LogP contribution is -2.45. The summed E-state index contributed by atoms with van der Waals surface area (Å²) >= 11 is 3.34. The van der Waals surface area contributed by atoms with Crippen LogP contribution in [-0.4, -0.2) is 45.9 Å². The Hall–Kier alpha value is -3.59. The van der Waals surface area contributed by atoms with Gasteiger partial charge in [0.25, 0.3) is 5.91 Å². The quantitative estimate of drug-likeness (QED) is 0.263. The molecule has 9 heteroatoms. The van der Waals surface area contributed by atoms with Crippen molar-refractivity contribution in [3.63, 3.8) is 0 Å². The Bertz CT molecular complexity index is 1360. The van der Waals surface area contributed by atoms with Gasteiger partial charge in [-0.3, -0.25) is 9.59 Å². The fraction of sp³-hybridized carbons (Fsp3) is 0.424. The number of hydrogen-bond acceptors (Lipinski definition) is 6. The number of carbonyl (C=O) groups excluding carboxylic acids is 3. The first kappa shape index (κ1) is 32.9. The van der Waals surface area contributed by atoms with E-state index < -0.39 is 23.5 Å². The molecule has 0 saturated carbocycles. The van der Waals surface area contributed by atoms with Gasteiger partial charge in [0, 0.05) is 36.0 Å². The molecule has 2 atom stereocenters. The van der Waals surface area contributed by atoms with Gasteiger partial charge in [-0.25, -0.2) is 14.8 Å². The summed E-state index contributed by atoms with van der Waals surface area (Å²) < 4.78 is 6.22. The van der Waals surface area contributed by atoms with Gasteiger partial charge in [0.15, 0.2) is 5.82 Å². The summed E-state index contributed by atoms with van der Waals surface area (Å²) in [6.07, 6.45) is 4.19. The number of halogens is 1. The van der Waals surface area contributed by atoms with Gasteiger partial charge in [0.05, 0.1) is 4.47 Å². The standard InChI is InChI=1S/C33H41BrN4O4/c1-21(31(41)42-33(5,6)7)38-30(40)25(16-17-35-29(39)24-12-14-26(15-13-24)32(2,3)4)18-22-8-10-23(11-9-22)28-36-19-27(34)20-37-28/h8-15,19-21,25H,16-18H2,1-7H3,(H,35,39)(H,38,40)/t21-,25+/m1/s1. The summed E-state index contributed by atoms with van der Waals surface area (Å²) in [6, 6.07) is 14.5. The Balaban J connectivity index is 1.69. The van der Waals surface area contributed by atoms with Gasteiger partial charge in [-0.2, -0.15) is 0 Å². The predicted molar refractivity (Wildman–Crippen MR) is 168 cm³/mol. The molecule has 0 bridgehead atoms. The molecule has 0 saturated heterocycles. The number of aromatic nitrogens is 2. The lowest BCUT2D eigenvalue weighted by Gasteiger charge is -2.24. The summed E-state index contributed by atoms with van der Waals surface area (Å²) in [5.74, 6) is -0.870. The number of ether oxygens (including phenoxy) is 1. The van der Waals surface area contributed by atoms with E-state index in [2.05, 4.69) is 57.3 Å². The van der Waals surface area contributed by atoms with Crippen molar-refractivity contribution in [1.82, 2.24) is 20.6 Å². The van der Waals surface area contributed by atoms with E-state index in [4.69, 9.17) is 4.74 Å². The SMILES string of the molecule is C[C@@H](NC(=O)[C@@H](CCNC(=O)c1ccc(C(C)(C)C)cc1)Cc1ccc(-c2ncc(Br)cn2)cc1)C(=O)OC(C)(C)C. The minimum atomic E-state index is -0.813. The highest BCUT2D eigenvalue weighted by Gasteiger charge is 2.27. The fourth-order valence-electron chi connectivity index (χ4n) is 4.23. The van der Waals surface area contributed by atoms with Gasteiger partial charge < -0.3 is 15.4 Å². The highest BCUT2D eigenvalue weighted by molar-refractivity contribution is 9.10. The minimum absolute atomic E-state index is 0.00446. The van der Waals surface area contributed by atoms with Crippen molar-refractivity contribution in [2.24, 2.45) is 5.92 Å². The van der Waals surface area contributed by atoms with Gasteiger partial charge in [0.2, 0.25) is 5.91 Å². The molecule has 0 aliphatic rings. The van der Waals surface area contributed by atoms with Crippen molar-refractivity contribution in [2.45, 2.75) is 78.4 Å². The molecule has 1 heterocycles. The molecule has 2 amide bonds. The number of nitrogens with one attached hydrogen (secondary N) is 2. The highest BCUT2D eigenvalue weighted by Crippen LogP contribution is 2.23. The van der Waals surface area contributed by atoms with Crippen LogP contribution in [0.3, 0.4) is 0 Å². The lowest BCUT2D eigenvalue weighted by atomic mass is 9.86. The van der Waals surface area contributed by atoms with E-state index in [1.165, 1.54) is 0 Å². The topological polar surface area (TPSA) is 110 Å². The second kappa shape index (κ2) is 14.1. The van der Waals surface area contributed by atoms with Gasteiger partial charge in [-0.1, -0.05) is 57.2 Å². The van der Waals surface area contributed by atoms with Crippen LogP contribution in [0.25, 0.3) is 11.4 Å². The van der Waals surface area contributed by atoms with E-state index in [1.54, 1.807) is 40.1 Å². The summed E-state index contributed by atoms with van der Waals surface area (Å²) in [5.41, 5.74) is 2.84. The van der Waals surface area contributed by atoms with E-state index in [0.717, 1.165) is 21.2 Å². The smallest absolute Gasteiger partial charge is 0.328 e. The van der Waals surface area contributed by atoms with Crippen molar-refractivity contribution < 1.29 is 19.1 Å². The maximum absolute atomic E-state index is 13.4. The molecule has 0 unspecified atom stereocenters. The first-order chi connectivity index (χ1) is 19.6. The molecule has 3 aromatic rings. The van der Waals surface area contributed by atoms with E-state index in [9.17, 15) is 14.4 Å². The van der Waals surface area contributed by atoms with Gasteiger partial charge in [0.1, 0.15) is 11.6 Å². The zero-order valence-corrected chi connectivity index (χ0v) is 27.0. The summed E-state index contributed by atoms with van der Waals surface area (Å²) in [6.45, 7) is 13.6. The number of esters is 1. The largest absolute Gasteiger partial charge is 0.458 e. The summed E-state index contributed by atoms with van der Waals surface area (Å²) in [7, 11) is 0. The first-order valence-electron chi connectivity index (χ1n) is 14.1. The number of benzene rings is 2. The van der Waals surface area contributed by atoms with Crippen molar-refractivity contribution in [3.05, 3.63) is 82.1 Å². The Morgan fingerprint density at radius 3 is 2.05 bits per heavy atom. The maximum Gasteiger partial charge on any atom is 0.328 e. The van der Waals surface area contributed by atoms with E-state index >= 15 is 0 Å². The van der Waals surface area contributed by atoms with E-state index in [1.807, 2.05) is 48.5 Å². The van der Waals surface area contributed by atoms with Crippen LogP contribution in [-0.2, 0) is 26.2 Å². The van der Waals surface area contributed by atoms with Crippen LogP contribution in [0.15, 0.2) is 65.4 Å². The summed E-state index contributed by atoms with van der Waals surface area (Å²) in [4.78, 5) is 47.4. The van der Waals surface area contributed by atoms with Crippen LogP contribution < -0.4 is 10.6 Å². The van der Waals surface area contributed by atoms with Crippen LogP contribution in [0.2, 0.25) is 0 Å². The van der Waals surface area contributed by atoms with Crippen molar-refractivity contribution in [1.29, 1.82) is 0 Å². The maximum atomic E-state index is 13.4. The zero-order valence-electron chi connectivity index (χ0n) is 25.5. The van der Waals surface area contributed by atoms with E-state index in [0.29, 0.717) is 30.8 Å². The minimum Gasteiger partial charge on any atom is -0.458 e. The molecule has 2 aromatic carbocycles. The van der Waals surface area contributed by atoms with Crippen LogP contribution in [0.1, 0.15) is 76.4 Å². The molecular formula is C33H41BrN4O4. The van der Waals surface area contributed by atoms with Gasteiger partial charge >= 0.3 is 5.97 Å². The zero-order chi connectivity index (χ0) is 31.1. The molecule has 0 aliphatic heterocycles. The van der Waals surface area contributed by atoms with Crippen molar-refractivity contribution in [2.75, 3.05) is 6.54 Å². The molecule has 8 nitrogen and oxygen atoms in total. The molecule has 42 heavy (non-hydrogen) atoms. The number of nitrogens with zero attached hydrogens (tertiary/aromatic N) is 2. The number of hydrogen-bond donors (Lipinski definition) is 2. The molecular weight excluding hydrogens is 596 g/mol. The Morgan fingerprint density at radius 2 is 1.50 bits per heavy atom. The second-order valence-electron chi connectivity index (χ2n) is 12.5. The number of carbonyl (C=O) groups is 3. The third-order valence-electron chi connectivity index (χ3n) is 6.60. The Kier molecular flexibility index (Phi) is 11.0. The summed E-state index contributed by atoms with van der Waals surface area (Å²) in [5, 5.41) is 5.74. The average molecular weight is 638 g/mol. The van der Waals surface area contributed by atoms with Crippen LogP contribution in [0.4, 0.5) is 0 Å². The number of amides is 2. The molecule has 3 rings (SSSR count). The Morgan fingerprint density at radius 1 is 0.905 bits per heavy atom. The van der Waals surface area contributed by atoms with Crippen LogP contribution in [0, 0.1) is 5.92 Å². The molecule has 0 aliphatic carbocycles. The normalized spacial score (nSPS) is 13.1. The average Bonchev–Trinajstić information content (AvgIpc) is 2.92. The first-order valence-corrected chi connectivity index (χ1v) is 14.9. The second-order valence-corrected chi connectivity index (χ2v) is 13.4. The molecule has 0 fully saturated rings. The number of rotatable bonds is 10. The molecule has 1 aromatic heterocycles. The highest BCUT2D eigenvalue weighted by atomic mass is 79.9. The Labute approximate surface area is 257 Å². The van der Waals surface area contributed by atoms with Crippen LogP contribution >= 0.6 is 15.9 Å². The molecule has 224 valence electrons. The van der Waals surface area contributed by atoms with Gasteiger partial charge in [-0.15, -0.1) is 0 Å². The van der Waals surface area contributed by atoms with Crippen molar-refractivity contribution >= 4 is 33.7 Å². The molecule has 0 spiro atoms. The third-order valence-corrected chi connectivity index (χ3v) is 7.01. The lowest BCUT2D eigenvalue weighted by molar-refractivity contribution is -0.158. The van der Waals surface area contributed by atoms with E-state index in [-0.39, 0.29) is 17.2 Å². The fourth-order valence-corrected chi connectivity index (χ4v) is 4.43. The van der Waals surface area contributed by atoms with Crippen molar-refractivity contribution in [3.8, 4) is 11.4 Å². The monoisotopic (exact) mass is 636 g/mol. The molecule has 2 N–H and O–H groups in total. The predicted octanol–water partition coefficient (Wildman–Crippen LogP) is 6.03.